The van der Waals surface area contributed by atoms with E-state index < -0.39 is 0 Å². The summed E-state index contributed by atoms with van der Waals surface area (Å²) >= 11 is 0. The average Bonchev–Trinajstić information content (AvgIpc) is 2.34. The van der Waals surface area contributed by atoms with Crippen molar-refractivity contribution in [1.29, 1.82) is 5.26 Å². The predicted molar refractivity (Wildman–Crippen MR) is 68.4 cm³/mol. The zero-order valence-electron chi connectivity index (χ0n) is 10.0. The predicted octanol–water partition coefficient (Wildman–Crippen LogP) is 1.55. The van der Waals surface area contributed by atoms with Crippen LogP contribution in [0.3, 0.4) is 0 Å². The van der Waals surface area contributed by atoms with Crippen molar-refractivity contribution in [3.05, 3.63) is 35.9 Å². The van der Waals surface area contributed by atoms with Crippen molar-refractivity contribution in [2.75, 3.05) is 13.1 Å². The topological polar surface area (TPSA) is 61.8 Å². The molecule has 3 nitrogen and oxygen atoms in total. The minimum atomic E-state index is -0.262. The van der Waals surface area contributed by atoms with E-state index in [1.54, 1.807) is 0 Å². The van der Waals surface area contributed by atoms with E-state index in [9.17, 15) is 5.26 Å². The second-order valence-electron chi connectivity index (χ2n) is 4.76. The molecule has 0 unspecified atom stereocenters. The summed E-state index contributed by atoms with van der Waals surface area (Å²) in [5.74, 6) is 0. The third-order valence-corrected chi connectivity index (χ3v) is 3.54. The maximum absolute atomic E-state index is 9.38. The molecule has 1 fully saturated rings. The van der Waals surface area contributed by atoms with E-state index >= 15 is 0 Å². The van der Waals surface area contributed by atoms with Crippen LogP contribution in [-0.4, -0.2) is 19.1 Å². The Morgan fingerprint density at radius 2 is 2.06 bits per heavy atom. The number of nitrogens with one attached hydrogen (secondary N) is 1. The van der Waals surface area contributed by atoms with Gasteiger partial charge in [-0.25, -0.2) is 0 Å². The van der Waals surface area contributed by atoms with Crippen LogP contribution in [0.25, 0.3) is 0 Å². The summed E-state index contributed by atoms with van der Waals surface area (Å²) in [5.41, 5.74) is 6.34. The molecule has 0 aliphatic heterocycles. The molecular weight excluding hydrogens is 210 g/mol. The van der Waals surface area contributed by atoms with Gasteiger partial charge in [0.2, 0.25) is 0 Å². The monoisotopic (exact) mass is 229 g/mol. The highest BCUT2D eigenvalue weighted by Gasteiger charge is 2.45. The van der Waals surface area contributed by atoms with Gasteiger partial charge in [0.25, 0.3) is 0 Å². The van der Waals surface area contributed by atoms with Gasteiger partial charge >= 0.3 is 0 Å². The van der Waals surface area contributed by atoms with Crippen LogP contribution in [0, 0.1) is 11.3 Å². The fourth-order valence-electron chi connectivity index (χ4n) is 2.48. The van der Waals surface area contributed by atoms with Crippen molar-refractivity contribution in [1.82, 2.24) is 5.32 Å². The Bertz CT molecular complexity index is 388. The third-order valence-electron chi connectivity index (χ3n) is 3.54. The van der Waals surface area contributed by atoms with Crippen molar-refractivity contribution in [2.24, 2.45) is 5.73 Å². The van der Waals surface area contributed by atoms with Crippen LogP contribution in [-0.2, 0) is 5.41 Å². The van der Waals surface area contributed by atoms with Crippen LogP contribution in [0.2, 0.25) is 0 Å². The summed E-state index contributed by atoms with van der Waals surface area (Å²) in [6, 6.07) is 13.1. The number of rotatable bonds is 5. The molecule has 0 bridgehead atoms. The Labute approximate surface area is 103 Å². The third kappa shape index (κ3) is 2.49. The lowest BCUT2D eigenvalue weighted by molar-refractivity contribution is 0.227. The highest BCUT2D eigenvalue weighted by molar-refractivity contribution is 5.36. The van der Waals surface area contributed by atoms with Crippen molar-refractivity contribution < 1.29 is 0 Å². The van der Waals surface area contributed by atoms with Crippen molar-refractivity contribution in [3.63, 3.8) is 0 Å². The fourth-order valence-corrected chi connectivity index (χ4v) is 2.48. The summed E-state index contributed by atoms with van der Waals surface area (Å²) < 4.78 is 0. The highest BCUT2D eigenvalue weighted by Crippen LogP contribution is 2.43. The molecule has 0 saturated heterocycles. The number of hydrogen-bond donors (Lipinski definition) is 2. The molecule has 0 spiro atoms. The van der Waals surface area contributed by atoms with E-state index in [2.05, 4.69) is 23.5 Å². The molecule has 0 aromatic heterocycles. The quantitative estimate of drug-likeness (QED) is 0.753. The first-order chi connectivity index (χ1) is 8.30. The second kappa shape index (κ2) is 5.31. The van der Waals surface area contributed by atoms with Gasteiger partial charge in [-0.1, -0.05) is 30.3 Å². The van der Waals surface area contributed by atoms with E-state index in [0.717, 1.165) is 37.9 Å². The number of nitrogens with zero attached hydrogens (tertiary/aromatic N) is 1. The molecule has 0 heterocycles. The minimum Gasteiger partial charge on any atom is -0.330 e. The molecule has 1 saturated carbocycles. The van der Waals surface area contributed by atoms with Crippen molar-refractivity contribution in [3.8, 4) is 6.07 Å². The number of benzene rings is 1. The maximum atomic E-state index is 9.38. The average molecular weight is 229 g/mol. The lowest BCUT2D eigenvalue weighted by Crippen LogP contribution is -2.51. The van der Waals surface area contributed by atoms with Gasteiger partial charge < -0.3 is 11.1 Å². The van der Waals surface area contributed by atoms with Crippen LogP contribution in [0.15, 0.2) is 30.3 Å². The first kappa shape index (κ1) is 12.1. The zero-order chi connectivity index (χ0) is 12.1. The molecule has 1 aromatic rings. The van der Waals surface area contributed by atoms with Gasteiger partial charge in [-0.3, -0.25) is 0 Å². The summed E-state index contributed by atoms with van der Waals surface area (Å²) in [6.45, 7) is 1.68. The van der Waals surface area contributed by atoms with E-state index in [4.69, 9.17) is 5.73 Å². The zero-order valence-corrected chi connectivity index (χ0v) is 10.0. The van der Waals surface area contributed by atoms with Gasteiger partial charge in [0, 0.05) is 6.04 Å². The van der Waals surface area contributed by atoms with Gasteiger partial charge in [0.05, 0.1) is 11.5 Å². The Balaban J connectivity index is 1.92. The Morgan fingerprint density at radius 3 is 2.65 bits per heavy atom. The van der Waals surface area contributed by atoms with Gasteiger partial charge in [-0.15, -0.1) is 0 Å². The normalized spacial score (nSPS) is 27.2. The lowest BCUT2D eigenvalue weighted by atomic mass is 9.62. The van der Waals surface area contributed by atoms with Crippen molar-refractivity contribution in [2.45, 2.75) is 30.7 Å². The Hall–Kier alpha value is -1.37. The van der Waals surface area contributed by atoms with E-state index in [-0.39, 0.29) is 5.41 Å². The van der Waals surface area contributed by atoms with E-state index in [1.165, 1.54) is 0 Å². The summed E-state index contributed by atoms with van der Waals surface area (Å²) in [6.07, 6.45) is 2.83. The molecule has 3 N–H and O–H groups in total. The van der Waals surface area contributed by atoms with Crippen LogP contribution in [0.1, 0.15) is 24.8 Å². The number of hydrogen-bond acceptors (Lipinski definition) is 3. The van der Waals surface area contributed by atoms with Crippen LogP contribution < -0.4 is 11.1 Å². The largest absolute Gasteiger partial charge is 0.330 e. The second-order valence-corrected chi connectivity index (χ2v) is 4.76. The molecule has 90 valence electrons. The molecule has 17 heavy (non-hydrogen) atoms. The molecule has 1 aliphatic carbocycles. The SMILES string of the molecule is N#CC1(c2ccccc2)CC(NCCCN)C1. The van der Waals surface area contributed by atoms with Crippen molar-refractivity contribution >= 4 is 0 Å². The summed E-state index contributed by atoms with van der Waals surface area (Å²) in [4.78, 5) is 0. The van der Waals surface area contributed by atoms with Gasteiger partial charge in [-0.2, -0.15) is 5.26 Å². The Morgan fingerprint density at radius 1 is 1.35 bits per heavy atom. The van der Waals surface area contributed by atoms with Gasteiger partial charge in [-0.05, 0) is 37.9 Å². The molecule has 0 atom stereocenters. The lowest BCUT2D eigenvalue weighted by Gasteiger charge is -2.43. The first-order valence-corrected chi connectivity index (χ1v) is 6.21. The van der Waals surface area contributed by atoms with Crippen LogP contribution in [0.5, 0.6) is 0 Å². The standard InChI is InChI=1S/C14H19N3/c15-7-4-8-17-13-9-14(10-13,11-16)12-5-2-1-3-6-12/h1-3,5-6,13,17H,4,7-10,15H2. The highest BCUT2D eigenvalue weighted by atomic mass is 14.9. The number of nitrogens with two attached hydrogens (primary N) is 1. The molecule has 1 aliphatic rings. The molecule has 0 amide bonds. The minimum absolute atomic E-state index is 0.262. The van der Waals surface area contributed by atoms with E-state index in [1.807, 2.05) is 18.2 Å². The van der Waals surface area contributed by atoms with Gasteiger partial charge in [0.15, 0.2) is 0 Å². The molecule has 0 radical (unpaired) electrons. The van der Waals surface area contributed by atoms with Crippen LogP contribution >= 0.6 is 0 Å². The fraction of sp³-hybridized carbons (Fsp3) is 0.500. The molecule has 1 aromatic carbocycles. The summed E-state index contributed by atoms with van der Waals surface area (Å²) in [7, 11) is 0. The molecule has 2 rings (SSSR count). The summed E-state index contributed by atoms with van der Waals surface area (Å²) in [5, 5.41) is 12.8. The molecule has 3 heteroatoms. The number of nitriles is 1. The first-order valence-electron chi connectivity index (χ1n) is 6.21. The molecular formula is C14H19N3. The smallest absolute Gasteiger partial charge is 0.0852 e. The maximum Gasteiger partial charge on any atom is 0.0852 e. The Kier molecular flexibility index (Phi) is 3.78. The van der Waals surface area contributed by atoms with Gasteiger partial charge in [0.1, 0.15) is 0 Å². The van der Waals surface area contributed by atoms with E-state index in [0.29, 0.717) is 6.04 Å². The van der Waals surface area contributed by atoms with Crippen LogP contribution in [0.4, 0.5) is 0 Å².